The molecule has 2 aromatic carbocycles. The van der Waals surface area contributed by atoms with Gasteiger partial charge in [-0.2, -0.15) is 0 Å². The van der Waals surface area contributed by atoms with Gasteiger partial charge in [-0.05, 0) is 36.2 Å². The number of methoxy groups -OCH3 is 1. The lowest BCUT2D eigenvalue weighted by Crippen LogP contribution is -2.49. The van der Waals surface area contributed by atoms with Gasteiger partial charge in [0.05, 0.1) is 36.9 Å². The number of rotatable bonds is 6. The van der Waals surface area contributed by atoms with Crippen LogP contribution in [0.4, 0.5) is 0 Å². The third-order valence-electron chi connectivity index (χ3n) is 5.56. The number of hydrogen-bond donors (Lipinski definition) is 0. The summed E-state index contributed by atoms with van der Waals surface area (Å²) < 4.78 is 10.7. The zero-order valence-corrected chi connectivity index (χ0v) is 16.9. The van der Waals surface area contributed by atoms with Crippen LogP contribution in [0.5, 0.6) is 0 Å². The summed E-state index contributed by atoms with van der Waals surface area (Å²) in [5.41, 5.74) is 2.23. The number of hydrogen-bond acceptors (Lipinski definition) is 5. The van der Waals surface area contributed by atoms with E-state index < -0.39 is 0 Å². The molecule has 156 valence electrons. The minimum absolute atomic E-state index is 0.00998. The number of benzene rings is 2. The third kappa shape index (κ3) is 3.86. The summed E-state index contributed by atoms with van der Waals surface area (Å²) >= 11 is 0. The smallest absolute Gasteiger partial charge is 0.261 e. The van der Waals surface area contributed by atoms with Gasteiger partial charge < -0.3 is 14.4 Å². The molecule has 1 unspecified atom stereocenters. The van der Waals surface area contributed by atoms with Crippen molar-refractivity contribution in [2.75, 3.05) is 33.5 Å². The lowest BCUT2D eigenvalue weighted by molar-refractivity contribution is -0.0104. The molecule has 7 nitrogen and oxygen atoms in total. The highest BCUT2D eigenvalue weighted by molar-refractivity contribution is 6.21. The van der Waals surface area contributed by atoms with Crippen molar-refractivity contribution in [1.82, 2.24) is 9.80 Å². The lowest BCUT2D eigenvalue weighted by Gasteiger charge is -2.35. The molecule has 1 saturated heterocycles. The SMILES string of the molecule is COCCC1COCCN1C(=O)c1ccc(CN2C(=O)c3ccccc3C2=O)cc1. The minimum atomic E-state index is -0.287. The summed E-state index contributed by atoms with van der Waals surface area (Å²) in [7, 11) is 1.64. The van der Waals surface area contributed by atoms with E-state index in [2.05, 4.69) is 0 Å². The zero-order chi connectivity index (χ0) is 21.1. The lowest BCUT2D eigenvalue weighted by atomic mass is 10.1. The topological polar surface area (TPSA) is 76.2 Å². The number of imide groups is 1. The molecule has 4 rings (SSSR count). The monoisotopic (exact) mass is 408 g/mol. The summed E-state index contributed by atoms with van der Waals surface area (Å²) in [6.45, 7) is 2.32. The van der Waals surface area contributed by atoms with Crippen molar-refractivity contribution in [3.63, 3.8) is 0 Å². The first kappa shape index (κ1) is 20.3. The van der Waals surface area contributed by atoms with Gasteiger partial charge in [-0.25, -0.2) is 0 Å². The average molecular weight is 408 g/mol. The van der Waals surface area contributed by atoms with Crippen molar-refractivity contribution < 1.29 is 23.9 Å². The molecule has 2 heterocycles. The van der Waals surface area contributed by atoms with Gasteiger partial charge in [0.15, 0.2) is 0 Å². The highest BCUT2D eigenvalue weighted by atomic mass is 16.5. The van der Waals surface area contributed by atoms with Gasteiger partial charge in [0, 0.05) is 25.8 Å². The maximum Gasteiger partial charge on any atom is 0.261 e. The van der Waals surface area contributed by atoms with Crippen molar-refractivity contribution in [1.29, 1.82) is 0 Å². The quantitative estimate of drug-likeness (QED) is 0.686. The Bertz CT molecular complexity index is 921. The summed E-state index contributed by atoms with van der Waals surface area (Å²) in [4.78, 5) is 41.1. The minimum Gasteiger partial charge on any atom is -0.385 e. The molecule has 3 amide bonds. The van der Waals surface area contributed by atoms with E-state index in [1.165, 1.54) is 4.90 Å². The van der Waals surface area contributed by atoms with E-state index in [0.717, 1.165) is 12.0 Å². The molecule has 0 N–H and O–H groups in total. The van der Waals surface area contributed by atoms with Crippen LogP contribution in [0.3, 0.4) is 0 Å². The van der Waals surface area contributed by atoms with Crippen LogP contribution in [0, 0.1) is 0 Å². The van der Waals surface area contributed by atoms with Gasteiger partial charge in [-0.3, -0.25) is 19.3 Å². The molecule has 30 heavy (non-hydrogen) atoms. The van der Waals surface area contributed by atoms with Crippen molar-refractivity contribution >= 4 is 17.7 Å². The van der Waals surface area contributed by atoms with Crippen molar-refractivity contribution in [2.45, 2.75) is 19.0 Å². The van der Waals surface area contributed by atoms with Gasteiger partial charge >= 0.3 is 0 Å². The van der Waals surface area contributed by atoms with Crippen LogP contribution < -0.4 is 0 Å². The fraction of sp³-hybridized carbons (Fsp3) is 0.348. The van der Waals surface area contributed by atoms with E-state index in [1.807, 2.05) is 4.90 Å². The Morgan fingerprint density at radius 3 is 2.37 bits per heavy atom. The number of amides is 3. The summed E-state index contributed by atoms with van der Waals surface area (Å²) in [5, 5.41) is 0. The van der Waals surface area contributed by atoms with Gasteiger partial charge in [0.25, 0.3) is 17.7 Å². The maximum absolute atomic E-state index is 13.0. The summed E-state index contributed by atoms with van der Waals surface area (Å²) in [6.07, 6.45) is 0.722. The maximum atomic E-state index is 13.0. The van der Waals surface area contributed by atoms with E-state index in [9.17, 15) is 14.4 Å². The largest absolute Gasteiger partial charge is 0.385 e. The van der Waals surface area contributed by atoms with Gasteiger partial charge in [0.2, 0.25) is 0 Å². The number of nitrogens with zero attached hydrogens (tertiary/aromatic N) is 2. The molecule has 2 aliphatic rings. The Morgan fingerprint density at radius 1 is 1.07 bits per heavy atom. The number of carbonyl (C=O) groups excluding carboxylic acids is 3. The second-order valence-electron chi connectivity index (χ2n) is 7.45. The van der Waals surface area contributed by atoms with Crippen molar-refractivity contribution in [3.8, 4) is 0 Å². The van der Waals surface area contributed by atoms with E-state index in [1.54, 1.807) is 55.6 Å². The Morgan fingerprint density at radius 2 is 1.73 bits per heavy atom. The highest BCUT2D eigenvalue weighted by Gasteiger charge is 2.35. The molecule has 0 radical (unpaired) electrons. The van der Waals surface area contributed by atoms with E-state index in [-0.39, 0.29) is 30.3 Å². The number of morpholine rings is 1. The molecule has 0 aliphatic carbocycles. The number of fused-ring (bicyclic) bond motifs is 1. The first-order chi connectivity index (χ1) is 14.6. The van der Waals surface area contributed by atoms with Crippen LogP contribution in [-0.2, 0) is 16.0 Å². The first-order valence-corrected chi connectivity index (χ1v) is 10.0. The number of ether oxygens (including phenoxy) is 2. The van der Waals surface area contributed by atoms with Crippen LogP contribution in [-0.4, -0.2) is 67.0 Å². The fourth-order valence-corrected chi connectivity index (χ4v) is 3.90. The molecular formula is C23H24N2O5. The van der Waals surface area contributed by atoms with E-state index >= 15 is 0 Å². The first-order valence-electron chi connectivity index (χ1n) is 10.0. The molecule has 0 aromatic heterocycles. The third-order valence-corrected chi connectivity index (χ3v) is 5.56. The number of carbonyl (C=O) groups is 3. The van der Waals surface area contributed by atoms with Crippen LogP contribution in [0.1, 0.15) is 43.1 Å². The second-order valence-corrected chi connectivity index (χ2v) is 7.45. The molecule has 0 saturated carbocycles. The molecule has 2 aliphatic heterocycles. The Kier molecular flexibility index (Phi) is 5.92. The van der Waals surface area contributed by atoms with Crippen molar-refractivity contribution in [2.24, 2.45) is 0 Å². The Hall–Kier alpha value is -3.03. The highest BCUT2D eigenvalue weighted by Crippen LogP contribution is 2.24. The predicted octanol–water partition coefficient (Wildman–Crippen LogP) is 2.36. The van der Waals surface area contributed by atoms with E-state index in [0.29, 0.717) is 43.1 Å². The zero-order valence-electron chi connectivity index (χ0n) is 16.9. The normalized spacial score (nSPS) is 18.6. The Balaban J connectivity index is 1.45. The molecule has 1 fully saturated rings. The van der Waals surface area contributed by atoms with E-state index in [4.69, 9.17) is 9.47 Å². The Labute approximate surface area is 175 Å². The van der Waals surface area contributed by atoms with Crippen LogP contribution in [0.15, 0.2) is 48.5 Å². The molecule has 0 spiro atoms. The average Bonchev–Trinajstić information content (AvgIpc) is 3.03. The second kappa shape index (κ2) is 8.77. The molecular weight excluding hydrogens is 384 g/mol. The van der Waals surface area contributed by atoms with Gasteiger partial charge in [-0.1, -0.05) is 24.3 Å². The molecule has 2 aromatic rings. The fourth-order valence-electron chi connectivity index (χ4n) is 3.90. The van der Waals surface area contributed by atoms with Crippen LogP contribution in [0.25, 0.3) is 0 Å². The summed E-state index contributed by atoms with van der Waals surface area (Å²) in [5.74, 6) is -0.623. The van der Waals surface area contributed by atoms with Crippen LogP contribution >= 0.6 is 0 Å². The molecule has 7 heteroatoms. The van der Waals surface area contributed by atoms with Crippen molar-refractivity contribution in [3.05, 3.63) is 70.8 Å². The predicted molar refractivity (Wildman–Crippen MR) is 109 cm³/mol. The van der Waals surface area contributed by atoms with Gasteiger partial charge in [-0.15, -0.1) is 0 Å². The summed E-state index contributed by atoms with van der Waals surface area (Å²) in [6, 6.07) is 13.9. The molecule has 0 bridgehead atoms. The van der Waals surface area contributed by atoms with Crippen LogP contribution in [0.2, 0.25) is 0 Å². The standard InChI is InChI=1S/C23H24N2O5/c1-29-12-10-18-15-30-13-11-24(18)21(26)17-8-6-16(7-9-17)14-25-22(27)19-4-2-3-5-20(19)23(25)28/h2-9,18H,10-15H2,1H3. The van der Waals surface area contributed by atoms with Gasteiger partial charge in [0.1, 0.15) is 0 Å². The molecule has 1 atom stereocenters.